The SMILES string of the molecule is CNC(=O)[C@H]1CN(CC(=O)N[C@H](c2ccc(F)cc2)c2cccs2)c2ccccc2O1. The van der Waals surface area contributed by atoms with Crippen molar-refractivity contribution >= 4 is 28.8 Å². The summed E-state index contributed by atoms with van der Waals surface area (Å²) in [5.74, 6) is -0.230. The van der Waals surface area contributed by atoms with E-state index >= 15 is 0 Å². The third-order valence-electron chi connectivity index (χ3n) is 5.07. The predicted octanol–water partition coefficient (Wildman–Crippen LogP) is 3.11. The molecule has 1 aliphatic heterocycles. The first kappa shape index (κ1) is 20.9. The predicted molar refractivity (Wildman–Crippen MR) is 118 cm³/mol. The molecule has 0 fully saturated rings. The van der Waals surface area contributed by atoms with Crippen LogP contribution in [0.15, 0.2) is 66.0 Å². The molecule has 0 radical (unpaired) electrons. The zero-order chi connectivity index (χ0) is 21.8. The number of carbonyl (C=O) groups is 2. The number of rotatable bonds is 6. The molecule has 1 aliphatic rings. The standard InChI is InChI=1S/C23H22FN3O3S/c1-25-23(29)19-13-27(17-5-2-3-6-18(17)30-19)14-21(28)26-22(20-7-4-12-31-20)15-8-10-16(24)11-9-15/h2-12,19,22H,13-14H2,1H3,(H,25,29)(H,26,28)/t19-,22-/m1/s1. The Hall–Kier alpha value is -3.39. The van der Waals surface area contributed by atoms with Gasteiger partial charge in [-0.3, -0.25) is 9.59 Å². The van der Waals surface area contributed by atoms with Crippen LogP contribution in [0.25, 0.3) is 0 Å². The topological polar surface area (TPSA) is 70.7 Å². The number of thiophene rings is 1. The third kappa shape index (κ3) is 4.69. The summed E-state index contributed by atoms with van der Waals surface area (Å²) in [5, 5.41) is 7.59. The van der Waals surface area contributed by atoms with E-state index < -0.39 is 6.10 Å². The van der Waals surface area contributed by atoms with E-state index in [1.807, 2.05) is 40.6 Å². The van der Waals surface area contributed by atoms with Crippen LogP contribution in [0.2, 0.25) is 0 Å². The molecule has 0 unspecified atom stereocenters. The number of anilines is 1. The quantitative estimate of drug-likeness (QED) is 0.619. The number of halogens is 1. The molecule has 160 valence electrons. The van der Waals surface area contributed by atoms with Crippen molar-refractivity contribution in [3.8, 4) is 5.75 Å². The van der Waals surface area contributed by atoms with E-state index in [1.54, 1.807) is 25.2 Å². The van der Waals surface area contributed by atoms with Gasteiger partial charge in [0.05, 0.1) is 24.8 Å². The van der Waals surface area contributed by atoms with Crippen molar-refractivity contribution in [2.75, 3.05) is 25.0 Å². The highest BCUT2D eigenvalue weighted by molar-refractivity contribution is 7.10. The molecule has 0 bridgehead atoms. The van der Waals surface area contributed by atoms with Crippen LogP contribution >= 0.6 is 11.3 Å². The summed E-state index contributed by atoms with van der Waals surface area (Å²) in [7, 11) is 1.55. The number of carbonyl (C=O) groups excluding carboxylic acids is 2. The molecule has 1 aromatic heterocycles. The molecule has 4 rings (SSSR count). The fourth-order valence-electron chi connectivity index (χ4n) is 3.56. The summed E-state index contributed by atoms with van der Waals surface area (Å²) < 4.78 is 19.2. The van der Waals surface area contributed by atoms with Crippen molar-refractivity contribution in [1.29, 1.82) is 0 Å². The third-order valence-corrected chi connectivity index (χ3v) is 6.01. The average molecular weight is 440 g/mol. The molecule has 2 N–H and O–H groups in total. The maximum Gasteiger partial charge on any atom is 0.262 e. The maximum absolute atomic E-state index is 13.4. The van der Waals surface area contributed by atoms with E-state index in [0.717, 1.165) is 16.1 Å². The van der Waals surface area contributed by atoms with E-state index in [0.29, 0.717) is 5.75 Å². The lowest BCUT2D eigenvalue weighted by molar-refractivity contribution is -0.127. The van der Waals surface area contributed by atoms with E-state index in [-0.39, 0.29) is 36.8 Å². The number of nitrogens with zero attached hydrogens (tertiary/aromatic N) is 1. The summed E-state index contributed by atoms with van der Waals surface area (Å²) in [6, 6.07) is 16.9. The Kier molecular flexibility index (Phi) is 6.18. The molecule has 8 heteroatoms. The molecule has 3 aromatic rings. The van der Waals surface area contributed by atoms with Crippen molar-refractivity contribution in [3.63, 3.8) is 0 Å². The van der Waals surface area contributed by atoms with Gasteiger partial charge in [-0.15, -0.1) is 11.3 Å². The average Bonchev–Trinajstić information content (AvgIpc) is 3.32. The second-order valence-corrected chi connectivity index (χ2v) is 8.12. The van der Waals surface area contributed by atoms with Gasteiger partial charge in [0, 0.05) is 11.9 Å². The van der Waals surface area contributed by atoms with Crippen molar-refractivity contribution in [3.05, 3.63) is 82.3 Å². The smallest absolute Gasteiger partial charge is 0.262 e. The summed E-state index contributed by atoms with van der Waals surface area (Å²) in [6.45, 7) is 0.307. The highest BCUT2D eigenvalue weighted by Gasteiger charge is 2.31. The second-order valence-electron chi connectivity index (χ2n) is 7.14. The monoisotopic (exact) mass is 439 g/mol. The summed E-state index contributed by atoms with van der Waals surface area (Å²) in [6.07, 6.45) is -0.710. The molecular weight excluding hydrogens is 417 g/mol. The minimum absolute atomic E-state index is 0.0525. The van der Waals surface area contributed by atoms with Crippen LogP contribution in [0.1, 0.15) is 16.5 Å². The number of fused-ring (bicyclic) bond motifs is 1. The fourth-order valence-corrected chi connectivity index (χ4v) is 4.37. The van der Waals surface area contributed by atoms with E-state index in [9.17, 15) is 14.0 Å². The van der Waals surface area contributed by atoms with Crippen LogP contribution in [0.4, 0.5) is 10.1 Å². The largest absolute Gasteiger partial charge is 0.477 e. The minimum Gasteiger partial charge on any atom is -0.477 e. The molecule has 2 heterocycles. The lowest BCUT2D eigenvalue weighted by Gasteiger charge is -2.35. The number of para-hydroxylation sites is 2. The zero-order valence-electron chi connectivity index (χ0n) is 16.9. The Morgan fingerprint density at radius 1 is 1.16 bits per heavy atom. The van der Waals surface area contributed by atoms with Gasteiger partial charge < -0.3 is 20.3 Å². The number of hydrogen-bond donors (Lipinski definition) is 2. The first-order chi connectivity index (χ1) is 15.0. The number of hydrogen-bond acceptors (Lipinski definition) is 5. The Morgan fingerprint density at radius 2 is 1.94 bits per heavy atom. The Bertz CT molecular complexity index is 1060. The van der Waals surface area contributed by atoms with Gasteiger partial charge in [0.25, 0.3) is 5.91 Å². The van der Waals surface area contributed by atoms with Crippen LogP contribution in [0.5, 0.6) is 5.75 Å². The molecule has 0 saturated heterocycles. The normalized spacial score (nSPS) is 16.1. The van der Waals surface area contributed by atoms with Gasteiger partial charge in [0.1, 0.15) is 11.6 Å². The zero-order valence-corrected chi connectivity index (χ0v) is 17.7. The minimum atomic E-state index is -0.710. The highest BCUT2D eigenvalue weighted by Crippen LogP contribution is 2.33. The van der Waals surface area contributed by atoms with Crippen LogP contribution in [-0.2, 0) is 9.59 Å². The van der Waals surface area contributed by atoms with Gasteiger partial charge in [0.15, 0.2) is 6.10 Å². The lowest BCUT2D eigenvalue weighted by atomic mass is 10.1. The van der Waals surface area contributed by atoms with Gasteiger partial charge in [-0.1, -0.05) is 30.3 Å². The molecule has 0 saturated carbocycles. The van der Waals surface area contributed by atoms with Crippen molar-refractivity contribution in [2.45, 2.75) is 12.1 Å². The maximum atomic E-state index is 13.4. The number of ether oxygens (including phenoxy) is 1. The summed E-state index contributed by atoms with van der Waals surface area (Å²) >= 11 is 1.52. The van der Waals surface area contributed by atoms with Gasteiger partial charge in [0.2, 0.25) is 5.91 Å². The fraction of sp³-hybridized carbons (Fsp3) is 0.217. The Labute approximate surface area is 183 Å². The first-order valence-electron chi connectivity index (χ1n) is 9.85. The number of likely N-dealkylation sites (N-methyl/N-ethyl adjacent to an activating group) is 1. The van der Waals surface area contributed by atoms with Gasteiger partial charge in [-0.05, 0) is 41.3 Å². The number of amides is 2. The molecule has 2 aromatic carbocycles. The molecular formula is C23H22FN3O3S. The van der Waals surface area contributed by atoms with Gasteiger partial charge >= 0.3 is 0 Å². The summed E-state index contributed by atoms with van der Waals surface area (Å²) in [4.78, 5) is 28.0. The Morgan fingerprint density at radius 3 is 2.65 bits per heavy atom. The lowest BCUT2D eigenvalue weighted by Crippen LogP contribution is -2.50. The Balaban J connectivity index is 1.54. The molecule has 0 spiro atoms. The highest BCUT2D eigenvalue weighted by atomic mass is 32.1. The number of benzene rings is 2. The van der Waals surface area contributed by atoms with Crippen LogP contribution in [0, 0.1) is 5.82 Å². The van der Waals surface area contributed by atoms with E-state index in [4.69, 9.17) is 4.74 Å². The summed E-state index contributed by atoms with van der Waals surface area (Å²) in [5.41, 5.74) is 1.55. The molecule has 2 atom stereocenters. The van der Waals surface area contributed by atoms with Crippen LogP contribution in [0.3, 0.4) is 0 Å². The molecule has 31 heavy (non-hydrogen) atoms. The van der Waals surface area contributed by atoms with E-state index in [2.05, 4.69) is 10.6 Å². The van der Waals surface area contributed by atoms with Crippen molar-refractivity contribution in [1.82, 2.24) is 10.6 Å². The van der Waals surface area contributed by atoms with Crippen molar-refractivity contribution < 1.29 is 18.7 Å². The van der Waals surface area contributed by atoms with Gasteiger partial charge in [-0.2, -0.15) is 0 Å². The number of nitrogens with one attached hydrogen (secondary N) is 2. The molecule has 6 nitrogen and oxygen atoms in total. The molecule has 0 aliphatic carbocycles. The first-order valence-corrected chi connectivity index (χ1v) is 10.7. The van der Waals surface area contributed by atoms with Gasteiger partial charge in [-0.25, -0.2) is 4.39 Å². The van der Waals surface area contributed by atoms with Crippen LogP contribution in [-0.4, -0.2) is 38.1 Å². The van der Waals surface area contributed by atoms with Crippen LogP contribution < -0.4 is 20.3 Å². The van der Waals surface area contributed by atoms with E-state index in [1.165, 1.54) is 23.5 Å². The second kappa shape index (κ2) is 9.18. The molecule has 2 amide bonds. The van der Waals surface area contributed by atoms with Crippen molar-refractivity contribution in [2.24, 2.45) is 0 Å².